The molecule has 2 rings (SSSR count). The van der Waals surface area contributed by atoms with Crippen molar-refractivity contribution in [2.24, 2.45) is 7.05 Å². The summed E-state index contributed by atoms with van der Waals surface area (Å²) < 4.78 is 15.5. The smallest absolute Gasteiger partial charge is 0.303 e. The van der Waals surface area contributed by atoms with Gasteiger partial charge in [-0.25, -0.2) is 4.39 Å². The Balaban J connectivity index is 2.49. The van der Waals surface area contributed by atoms with Crippen molar-refractivity contribution < 1.29 is 14.3 Å². The molecule has 0 saturated heterocycles. The van der Waals surface area contributed by atoms with E-state index in [1.165, 1.54) is 6.07 Å². The van der Waals surface area contributed by atoms with Crippen LogP contribution in [0.2, 0.25) is 0 Å². The molecule has 4 nitrogen and oxygen atoms in total. The highest BCUT2D eigenvalue weighted by Gasteiger charge is 2.18. The van der Waals surface area contributed by atoms with Crippen LogP contribution in [0.3, 0.4) is 0 Å². The molecule has 0 fully saturated rings. The van der Waals surface area contributed by atoms with Crippen molar-refractivity contribution in [1.29, 1.82) is 0 Å². The third kappa shape index (κ3) is 2.65. The van der Waals surface area contributed by atoms with Gasteiger partial charge in [-0.1, -0.05) is 18.2 Å². The topological polar surface area (TPSA) is 55.1 Å². The van der Waals surface area contributed by atoms with Gasteiger partial charge >= 0.3 is 5.97 Å². The van der Waals surface area contributed by atoms with Gasteiger partial charge in [0.1, 0.15) is 5.82 Å². The van der Waals surface area contributed by atoms with E-state index in [9.17, 15) is 9.18 Å². The Morgan fingerprint density at radius 3 is 2.74 bits per heavy atom. The highest BCUT2D eigenvalue weighted by Crippen LogP contribution is 2.29. The van der Waals surface area contributed by atoms with E-state index in [-0.39, 0.29) is 12.2 Å². The van der Waals surface area contributed by atoms with Gasteiger partial charge in [-0.2, -0.15) is 5.10 Å². The third-order valence-electron chi connectivity index (χ3n) is 3.13. The highest BCUT2D eigenvalue weighted by atomic mass is 19.1. The van der Waals surface area contributed by atoms with Gasteiger partial charge in [-0.05, 0) is 13.0 Å². The highest BCUT2D eigenvalue weighted by molar-refractivity contribution is 5.71. The number of carboxylic acids is 1. The molecule has 1 aromatic heterocycles. The van der Waals surface area contributed by atoms with Crippen molar-refractivity contribution in [3.8, 4) is 11.1 Å². The first-order valence-electron chi connectivity index (χ1n) is 6.00. The first-order valence-corrected chi connectivity index (χ1v) is 6.00. The van der Waals surface area contributed by atoms with Crippen LogP contribution in [0.4, 0.5) is 4.39 Å². The van der Waals surface area contributed by atoms with Crippen LogP contribution in [0.15, 0.2) is 24.3 Å². The molecule has 19 heavy (non-hydrogen) atoms. The fourth-order valence-electron chi connectivity index (χ4n) is 2.09. The second-order valence-corrected chi connectivity index (χ2v) is 4.40. The molecule has 2 aromatic rings. The van der Waals surface area contributed by atoms with E-state index in [4.69, 9.17) is 5.11 Å². The number of halogens is 1. The van der Waals surface area contributed by atoms with Gasteiger partial charge in [0.05, 0.1) is 12.1 Å². The standard InChI is InChI=1S/C14H15FN2O2/c1-9-14(10-5-3-4-6-11(10)15)12(16-17(9)2)7-8-13(18)19/h3-6H,7-8H2,1-2H3,(H,18,19). The number of hydrogen-bond donors (Lipinski definition) is 1. The molecule has 1 N–H and O–H groups in total. The SMILES string of the molecule is Cc1c(-c2ccccc2F)c(CCC(=O)O)nn1C. The molecule has 0 aliphatic heterocycles. The first-order chi connectivity index (χ1) is 9.00. The second-order valence-electron chi connectivity index (χ2n) is 4.40. The van der Waals surface area contributed by atoms with Gasteiger partial charge in [-0.3, -0.25) is 9.48 Å². The lowest BCUT2D eigenvalue weighted by Crippen LogP contribution is -2.00. The molecule has 0 unspecified atom stereocenters. The number of rotatable bonds is 4. The number of carbonyl (C=O) groups is 1. The normalized spacial score (nSPS) is 10.7. The van der Waals surface area contributed by atoms with E-state index in [0.717, 1.165) is 5.69 Å². The van der Waals surface area contributed by atoms with Crippen molar-refractivity contribution in [1.82, 2.24) is 9.78 Å². The number of hydrogen-bond acceptors (Lipinski definition) is 2. The van der Waals surface area contributed by atoms with Gasteiger partial charge in [0.25, 0.3) is 0 Å². The average Bonchev–Trinajstić information content (AvgIpc) is 2.64. The second kappa shape index (κ2) is 5.22. The summed E-state index contributed by atoms with van der Waals surface area (Å²) in [5, 5.41) is 13.0. The molecular weight excluding hydrogens is 247 g/mol. The fraction of sp³-hybridized carbons (Fsp3) is 0.286. The number of benzene rings is 1. The van der Waals surface area contributed by atoms with E-state index in [2.05, 4.69) is 5.10 Å². The number of aromatic nitrogens is 2. The van der Waals surface area contributed by atoms with Gasteiger partial charge in [0, 0.05) is 30.3 Å². The number of nitrogens with zero attached hydrogens (tertiary/aromatic N) is 2. The van der Waals surface area contributed by atoms with Gasteiger partial charge < -0.3 is 5.11 Å². The Kier molecular flexibility index (Phi) is 3.64. The Labute approximate surface area is 110 Å². The molecule has 0 amide bonds. The summed E-state index contributed by atoms with van der Waals surface area (Å²) in [6, 6.07) is 6.46. The molecule has 0 aliphatic rings. The van der Waals surface area contributed by atoms with Crippen LogP contribution in [0.5, 0.6) is 0 Å². The lowest BCUT2D eigenvalue weighted by Gasteiger charge is -2.05. The predicted molar refractivity (Wildman–Crippen MR) is 69.3 cm³/mol. The lowest BCUT2D eigenvalue weighted by atomic mass is 10.0. The van der Waals surface area contributed by atoms with E-state index in [0.29, 0.717) is 23.2 Å². The van der Waals surface area contributed by atoms with E-state index >= 15 is 0 Å². The zero-order valence-electron chi connectivity index (χ0n) is 10.9. The van der Waals surface area contributed by atoms with Crippen LogP contribution in [0, 0.1) is 12.7 Å². The van der Waals surface area contributed by atoms with Crippen LogP contribution in [0.25, 0.3) is 11.1 Å². The first kappa shape index (κ1) is 13.3. The molecule has 0 radical (unpaired) electrons. The van der Waals surface area contributed by atoms with Gasteiger partial charge in [-0.15, -0.1) is 0 Å². The maximum Gasteiger partial charge on any atom is 0.303 e. The maximum absolute atomic E-state index is 13.9. The van der Waals surface area contributed by atoms with Crippen molar-refractivity contribution >= 4 is 5.97 Å². The molecule has 1 heterocycles. The van der Waals surface area contributed by atoms with Crippen LogP contribution in [-0.2, 0) is 18.3 Å². The largest absolute Gasteiger partial charge is 0.481 e. The third-order valence-corrected chi connectivity index (χ3v) is 3.13. The molecule has 100 valence electrons. The van der Waals surface area contributed by atoms with Crippen LogP contribution >= 0.6 is 0 Å². The van der Waals surface area contributed by atoms with Crippen molar-refractivity contribution in [2.75, 3.05) is 0 Å². The van der Waals surface area contributed by atoms with Gasteiger partial charge in [0.2, 0.25) is 0 Å². The Hall–Kier alpha value is -2.17. The Morgan fingerprint density at radius 2 is 2.11 bits per heavy atom. The van der Waals surface area contributed by atoms with Crippen molar-refractivity contribution in [2.45, 2.75) is 19.8 Å². The quantitative estimate of drug-likeness (QED) is 0.921. The number of aryl methyl sites for hydroxylation is 2. The van der Waals surface area contributed by atoms with Gasteiger partial charge in [0.15, 0.2) is 0 Å². The minimum absolute atomic E-state index is 0.0160. The summed E-state index contributed by atoms with van der Waals surface area (Å²) in [7, 11) is 1.77. The summed E-state index contributed by atoms with van der Waals surface area (Å²) in [5.41, 5.74) is 2.60. The lowest BCUT2D eigenvalue weighted by molar-refractivity contribution is -0.136. The summed E-state index contributed by atoms with van der Waals surface area (Å²) in [6.07, 6.45) is 0.276. The Bertz CT molecular complexity index is 620. The number of aliphatic carboxylic acids is 1. The maximum atomic E-state index is 13.9. The molecular formula is C14H15FN2O2. The fourth-order valence-corrected chi connectivity index (χ4v) is 2.09. The van der Waals surface area contributed by atoms with Crippen LogP contribution < -0.4 is 0 Å². The summed E-state index contributed by atoms with van der Waals surface area (Å²) in [6.45, 7) is 1.85. The van der Waals surface area contributed by atoms with Crippen LogP contribution in [0.1, 0.15) is 17.8 Å². The molecule has 1 aromatic carbocycles. The predicted octanol–water partition coefficient (Wildman–Crippen LogP) is 2.55. The zero-order chi connectivity index (χ0) is 14.0. The summed E-state index contributed by atoms with van der Waals surface area (Å²) >= 11 is 0. The zero-order valence-corrected chi connectivity index (χ0v) is 10.9. The minimum Gasteiger partial charge on any atom is -0.481 e. The Morgan fingerprint density at radius 1 is 1.42 bits per heavy atom. The average molecular weight is 262 g/mol. The van der Waals surface area contributed by atoms with E-state index < -0.39 is 5.97 Å². The summed E-state index contributed by atoms with van der Waals surface area (Å²) in [5.74, 6) is -1.21. The molecule has 0 atom stereocenters. The molecule has 0 saturated carbocycles. The van der Waals surface area contributed by atoms with E-state index in [1.807, 2.05) is 6.92 Å². The molecule has 0 aliphatic carbocycles. The molecule has 5 heteroatoms. The van der Waals surface area contributed by atoms with Crippen molar-refractivity contribution in [3.05, 3.63) is 41.5 Å². The van der Waals surface area contributed by atoms with Crippen LogP contribution in [-0.4, -0.2) is 20.9 Å². The van der Waals surface area contributed by atoms with E-state index in [1.54, 1.807) is 29.9 Å². The number of carboxylic acid groups (broad SMARTS) is 1. The minimum atomic E-state index is -0.886. The molecule has 0 spiro atoms. The summed E-state index contributed by atoms with van der Waals surface area (Å²) in [4.78, 5) is 10.7. The van der Waals surface area contributed by atoms with Crippen molar-refractivity contribution in [3.63, 3.8) is 0 Å². The molecule has 0 bridgehead atoms. The monoisotopic (exact) mass is 262 g/mol.